The van der Waals surface area contributed by atoms with Crippen LogP contribution in [-0.2, 0) is 4.92 Å². The predicted molar refractivity (Wildman–Crippen MR) is 169 cm³/mol. The summed E-state index contributed by atoms with van der Waals surface area (Å²) in [5, 5.41) is 0. The first-order valence-electron chi connectivity index (χ1n) is 10.8. The van der Waals surface area contributed by atoms with Crippen molar-refractivity contribution in [3.63, 3.8) is 0 Å². The summed E-state index contributed by atoms with van der Waals surface area (Å²) in [5.41, 5.74) is 2.08. The topological polar surface area (TPSA) is 72.8 Å². The number of aryl methyl sites for hydroxylation is 1. The van der Waals surface area contributed by atoms with E-state index in [1.165, 1.54) is 6.92 Å². The molecule has 9 heteroatoms. The molecule has 0 atom stereocenters. The Bertz CT molecular complexity index is 780. The number of ketones is 1. The molecule has 190 valence electrons. The van der Waals surface area contributed by atoms with Gasteiger partial charge in [0.25, 0.3) is 0 Å². The number of rotatable bonds is 2. The van der Waals surface area contributed by atoms with Gasteiger partial charge in [0.05, 0.1) is 0 Å². The van der Waals surface area contributed by atoms with Crippen LogP contribution in [0.4, 0.5) is 0 Å². The number of nitrogens with zero attached hydrogens (tertiary/aromatic N) is 3. The van der Waals surface area contributed by atoms with Crippen LogP contribution in [0.15, 0.2) is 73.2 Å². The van der Waals surface area contributed by atoms with Crippen LogP contribution in [0.25, 0.3) is 0 Å². The van der Waals surface area contributed by atoms with Gasteiger partial charge in [-0.1, -0.05) is 59.7 Å². The van der Waals surface area contributed by atoms with Crippen LogP contribution in [0.3, 0.4) is 0 Å². The van der Waals surface area contributed by atoms with Gasteiger partial charge in [-0.25, -0.2) is 0 Å². The van der Waals surface area contributed by atoms with E-state index in [1.54, 1.807) is 55.0 Å². The third-order valence-corrected chi connectivity index (χ3v) is 2.65. The molecule has 0 spiro atoms. The predicted octanol–water partition coefficient (Wildman–Crippen LogP) is 9.30. The normalized spacial score (nSPS) is 7.76. The van der Waals surface area contributed by atoms with Crippen LogP contribution in [-0.4, -0.2) is 27.0 Å². The minimum absolute atomic E-state index is 0.00981. The Morgan fingerprint density at radius 1 is 0.735 bits per heavy atom. The summed E-state index contributed by atoms with van der Waals surface area (Å²) in [4.78, 5) is 31.8. The summed E-state index contributed by atoms with van der Waals surface area (Å²) in [6, 6.07) is 16.3. The second-order valence-corrected chi connectivity index (χ2v) is 40.2. The molecule has 0 saturated carbocycles. The second kappa shape index (κ2) is 34.7. The fraction of sp³-hybridized carbons (Fsp3) is 0.320. The Kier molecular flexibility index (Phi) is 41.6. The van der Waals surface area contributed by atoms with E-state index >= 15 is 0 Å². The molecule has 34 heavy (non-hydrogen) atoms. The number of pyridine rings is 3. The van der Waals surface area contributed by atoms with E-state index in [4.69, 9.17) is 0 Å². The van der Waals surface area contributed by atoms with Crippen molar-refractivity contribution in [2.75, 3.05) is 0 Å². The fourth-order valence-electron chi connectivity index (χ4n) is 1.46. The van der Waals surface area contributed by atoms with E-state index < -0.39 is 0 Å². The molecule has 3 heterocycles. The van der Waals surface area contributed by atoms with E-state index in [-0.39, 0.29) is 10.7 Å². The van der Waals surface area contributed by atoms with Crippen molar-refractivity contribution in [3.8, 4) is 0 Å². The molecular formula is C25H37I3N3O2V. The molecule has 5 nitrogen and oxygen atoms in total. The van der Waals surface area contributed by atoms with Crippen molar-refractivity contribution in [3.05, 3.63) is 90.3 Å². The van der Waals surface area contributed by atoms with E-state index in [0.717, 1.165) is 12.0 Å². The Morgan fingerprint density at radius 3 is 1.32 bits per heavy atom. The van der Waals surface area contributed by atoms with Crippen molar-refractivity contribution in [2.45, 2.75) is 55.4 Å². The van der Waals surface area contributed by atoms with Gasteiger partial charge in [0, 0.05) is 31.2 Å². The Labute approximate surface area is 244 Å². The summed E-state index contributed by atoms with van der Waals surface area (Å²) in [6.45, 7) is 15.5. The van der Waals surface area contributed by atoms with Crippen molar-refractivity contribution in [1.82, 2.24) is 15.0 Å². The molecule has 3 rings (SSSR count). The molecule has 0 N–H and O–H groups in total. The number of aldehydes is 1. The minimum atomic E-state index is -0.278. The number of Topliss-reactive ketones (excluding diaryl/α,β-unsaturated/α-hetero) is 1. The number of hydrogen-bond acceptors (Lipinski definition) is 5. The zero-order chi connectivity index (χ0) is 27.2. The monoisotopic (exact) mass is 843 g/mol. The molecule has 3 aromatic heterocycles. The molecule has 0 amide bonds. The maximum atomic E-state index is 10.6. The van der Waals surface area contributed by atoms with E-state index in [1.807, 2.05) is 66.7 Å². The van der Waals surface area contributed by atoms with Crippen LogP contribution in [0.5, 0.6) is 0 Å². The summed E-state index contributed by atoms with van der Waals surface area (Å²) in [5.74, 6) is 0.00981. The van der Waals surface area contributed by atoms with Crippen molar-refractivity contribution < 1.29 is 14.5 Å². The third kappa shape index (κ3) is 33.7. The molecule has 0 aromatic carbocycles. The van der Waals surface area contributed by atoms with Gasteiger partial charge >= 0.3 is 64.9 Å². The van der Waals surface area contributed by atoms with Gasteiger partial charge in [-0.2, -0.15) is 0 Å². The first-order valence-corrected chi connectivity index (χ1v) is 24.3. The number of halogens is 3. The molecule has 0 fully saturated rings. The number of aromatic nitrogens is 3. The van der Waals surface area contributed by atoms with Gasteiger partial charge in [0.1, 0.15) is 11.4 Å². The average Bonchev–Trinajstić information content (AvgIpc) is 2.89. The van der Waals surface area contributed by atoms with Crippen LogP contribution in [0.2, 0.25) is 0 Å². The summed E-state index contributed by atoms with van der Waals surface area (Å²) in [6.07, 6.45) is 5.70. The maximum absolute atomic E-state index is 10.6. The zero-order valence-corrected chi connectivity index (χ0v) is 29.1. The quantitative estimate of drug-likeness (QED) is 0.146. The summed E-state index contributed by atoms with van der Waals surface area (Å²) < 4.78 is 0. The van der Waals surface area contributed by atoms with Crippen LogP contribution < -0.4 is 0 Å². The standard InChI is InChI=1S/C7H7NO.C6H5NO.C6H7N.3C2H6.3HI.V/c1-6(9)7-4-2-3-5-8-7;8-5-6-3-1-2-4-7-6;1-6-4-2-3-5-7-6;3*1-2;;;;/h2-5H,1H3;1-5H;2-5H,1H3;3*1-2H3;3*1H;/q;;;;;;;;;+3/p-3. The van der Waals surface area contributed by atoms with Gasteiger partial charge in [0.2, 0.25) is 0 Å². The van der Waals surface area contributed by atoms with Crippen LogP contribution in [0.1, 0.15) is 75.1 Å². The van der Waals surface area contributed by atoms with Gasteiger partial charge in [0.15, 0.2) is 12.1 Å². The van der Waals surface area contributed by atoms with Crippen molar-refractivity contribution in [2.24, 2.45) is 0 Å². The van der Waals surface area contributed by atoms with Gasteiger partial charge in [-0.3, -0.25) is 24.5 Å². The van der Waals surface area contributed by atoms with E-state index in [0.29, 0.717) is 11.4 Å². The van der Waals surface area contributed by atoms with Crippen molar-refractivity contribution >= 4 is 72.0 Å². The Hall–Kier alpha value is -0.436. The molecule has 0 aliphatic rings. The molecule has 0 aliphatic carbocycles. The number of hydrogen-bond donors (Lipinski definition) is 0. The van der Waals surface area contributed by atoms with Gasteiger partial charge in [-0.15, -0.1) is 0 Å². The number of carbonyl (C=O) groups excluding carboxylic acids is 2. The average molecular weight is 843 g/mol. The van der Waals surface area contributed by atoms with Gasteiger partial charge < -0.3 is 0 Å². The van der Waals surface area contributed by atoms with Crippen LogP contribution in [0, 0.1) is 6.92 Å². The van der Waals surface area contributed by atoms with Gasteiger partial charge in [-0.05, 0) is 43.3 Å². The molecule has 0 radical (unpaired) electrons. The third-order valence-electron chi connectivity index (χ3n) is 2.65. The Morgan fingerprint density at radius 2 is 1.15 bits per heavy atom. The molecular weight excluding hydrogens is 806 g/mol. The molecule has 0 aliphatic heterocycles. The molecule has 0 saturated heterocycles. The van der Waals surface area contributed by atoms with Crippen molar-refractivity contribution in [1.29, 1.82) is 0 Å². The molecule has 0 unspecified atom stereocenters. The Balaban J connectivity index is -0.000000168. The zero-order valence-electron chi connectivity index (χ0n) is 21.2. The van der Waals surface area contributed by atoms with Crippen LogP contribution >= 0.6 is 59.9 Å². The molecule has 0 bridgehead atoms. The second-order valence-electron chi connectivity index (χ2n) is 4.81. The first-order chi connectivity index (χ1) is 16.4. The molecule has 3 aromatic rings. The van der Waals surface area contributed by atoms with E-state index in [2.05, 4.69) is 74.9 Å². The summed E-state index contributed by atoms with van der Waals surface area (Å²) >= 11 is 7.39. The van der Waals surface area contributed by atoms with E-state index in [9.17, 15) is 9.59 Å². The first kappa shape index (κ1) is 40.7. The fourth-order valence-corrected chi connectivity index (χ4v) is 1.46. The summed E-state index contributed by atoms with van der Waals surface area (Å²) in [7, 11) is 0. The SMILES string of the molecule is CC.CC.CC.CC(=O)c1ccccn1.Cc1ccccn1.O=Cc1ccccn1.[I][V]([I])[I]. The number of carbonyl (C=O) groups is 2.